The summed E-state index contributed by atoms with van der Waals surface area (Å²) in [5.41, 5.74) is 0. The van der Waals surface area contributed by atoms with Gasteiger partial charge in [-0.3, -0.25) is 0 Å². The topological polar surface area (TPSA) is 169 Å². The summed E-state index contributed by atoms with van der Waals surface area (Å²) in [5, 5.41) is 67.3. The predicted octanol–water partition coefficient (Wildman–Crippen LogP) is -4.37. The molecule has 130 valence electrons. The third-order valence-electron chi connectivity index (χ3n) is 3.93. The van der Waals surface area contributed by atoms with Gasteiger partial charge in [-0.25, -0.2) is 0 Å². The van der Waals surface area contributed by atoms with Crippen LogP contribution in [0.25, 0.3) is 0 Å². The Balaban J connectivity index is 2.05. The second-order valence-electron chi connectivity index (χ2n) is 5.51. The molecule has 10 heteroatoms. The van der Waals surface area contributed by atoms with E-state index >= 15 is 0 Å². The lowest BCUT2D eigenvalue weighted by Gasteiger charge is -2.44. The molecule has 7 N–H and O–H groups in total. The maximum Gasteiger partial charge on any atom is 0.189 e. The van der Waals surface area contributed by atoms with Crippen molar-refractivity contribution in [3.63, 3.8) is 0 Å². The Labute approximate surface area is 126 Å². The van der Waals surface area contributed by atoms with E-state index in [1.54, 1.807) is 0 Å². The molecule has 2 aliphatic heterocycles. The molecule has 0 aromatic heterocycles. The minimum atomic E-state index is -1.66. The first kappa shape index (κ1) is 17.9. The van der Waals surface area contributed by atoms with Gasteiger partial charge in [-0.05, 0) is 6.92 Å². The van der Waals surface area contributed by atoms with E-state index in [4.69, 9.17) is 19.3 Å². The van der Waals surface area contributed by atoms with Gasteiger partial charge in [0.15, 0.2) is 12.6 Å². The fourth-order valence-corrected chi connectivity index (χ4v) is 2.44. The van der Waals surface area contributed by atoms with Crippen molar-refractivity contribution in [2.24, 2.45) is 0 Å². The standard InChI is InChI=1S/C12H22O10/c1-3-5(14)7(16)9(18)11(20-3)22-12-10(19)8(17)6(15)4(2-13)21-12/h3-19H,2H2,1H3/t3?,4?,5-,6-,7+,8-,9?,10?,11-,12-/m1/s1. The van der Waals surface area contributed by atoms with Crippen LogP contribution in [0.2, 0.25) is 0 Å². The van der Waals surface area contributed by atoms with Crippen molar-refractivity contribution in [3.8, 4) is 0 Å². The zero-order valence-electron chi connectivity index (χ0n) is 11.8. The summed E-state index contributed by atoms with van der Waals surface area (Å²) in [4.78, 5) is 0. The van der Waals surface area contributed by atoms with Crippen LogP contribution in [0.5, 0.6) is 0 Å². The summed E-state index contributed by atoms with van der Waals surface area (Å²) in [6.07, 6.45) is -14.3. The molecule has 2 rings (SSSR count). The van der Waals surface area contributed by atoms with Gasteiger partial charge in [0.2, 0.25) is 0 Å². The van der Waals surface area contributed by atoms with Crippen molar-refractivity contribution in [1.82, 2.24) is 0 Å². The SMILES string of the molecule is CC1O[C@H](O[C@H]2OC(CO)[C@@H](O)[C@@H](O)C2O)C(O)[C@@H](O)[C@@H]1O. The van der Waals surface area contributed by atoms with Gasteiger partial charge in [0.05, 0.1) is 12.7 Å². The highest BCUT2D eigenvalue weighted by Gasteiger charge is 2.48. The maximum absolute atomic E-state index is 9.83. The monoisotopic (exact) mass is 326 g/mol. The molecule has 2 fully saturated rings. The Morgan fingerprint density at radius 2 is 1.23 bits per heavy atom. The Bertz CT molecular complexity index is 366. The third kappa shape index (κ3) is 3.26. The molecule has 2 aliphatic rings. The smallest absolute Gasteiger partial charge is 0.189 e. The molecule has 0 aromatic rings. The molecular weight excluding hydrogens is 304 g/mol. The number of aliphatic hydroxyl groups excluding tert-OH is 7. The fraction of sp³-hybridized carbons (Fsp3) is 1.00. The van der Waals surface area contributed by atoms with E-state index in [1.165, 1.54) is 6.92 Å². The summed E-state index contributed by atoms with van der Waals surface area (Å²) in [6, 6.07) is 0. The Kier molecular flexibility index (Phi) is 5.72. The molecule has 0 aromatic carbocycles. The van der Waals surface area contributed by atoms with Crippen LogP contribution in [0, 0.1) is 0 Å². The lowest BCUT2D eigenvalue weighted by Crippen LogP contribution is -2.63. The molecule has 10 atom stereocenters. The van der Waals surface area contributed by atoms with E-state index in [0.717, 1.165) is 0 Å². The average molecular weight is 326 g/mol. The predicted molar refractivity (Wildman–Crippen MR) is 67.2 cm³/mol. The molecule has 0 amide bonds. The van der Waals surface area contributed by atoms with Crippen LogP contribution in [0.4, 0.5) is 0 Å². The summed E-state index contributed by atoms with van der Waals surface area (Å²) in [7, 11) is 0. The molecule has 22 heavy (non-hydrogen) atoms. The van der Waals surface area contributed by atoms with Gasteiger partial charge in [-0.2, -0.15) is 0 Å². The molecule has 10 nitrogen and oxygen atoms in total. The summed E-state index contributed by atoms with van der Waals surface area (Å²) in [5.74, 6) is 0. The summed E-state index contributed by atoms with van der Waals surface area (Å²) < 4.78 is 15.5. The van der Waals surface area contributed by atoms with Crippen LogP contribution in [-0.4, -0.2) is 104 Å². The quantitative estimate of drug-likeness (QED) is 0.269. The first-order valence-corrected chi connectivity index (χ1v) is 6.93. The highest BCUT2D eigenvalue weighted by Crippen LogP contribution is 2.27. The van der Waals surface area contributed by atoms with Crippen molar-refractivity contribution in [1.29, 1.82) is 0 Å². The molecule has 2 heterocycles. The second kappa shape index (κ2) is 7.01. The number of hydrogen-bond acceptors (Lipinski definition) is 10. The molecular formula is C12H22O10. The van der Waals surface area contributed by atoms with Gasteiger partial charge < -0.3 is 50.0 Å². The van der Waals surface area contributed by atoms with Crippen LogP contribution in [-0.2, 0) is 14.2 Å². The highest BCUT2D eigenvalue weighted by atomic mass is 16.8. The van der Waals surface area contributed by atoms with Crippen LogP contribution >= 0.6 is 0 Å². The lowest BCUT2D eigenvalue weighted by atomic mass is 9.98. The van der Waals surface area contributed by atoms with Gasteiger partial charge in [0.1, 0.15) is 42.7 Å². The van der Waals surface area contributed by atoms with Crippen LogP contribution in [0.15, 0.2) is 0 Å². The first-order valence-electron chi connectivity index (χ1n) is 6.93. The zero-order chi connectivity index (χ0) is 16.6. The number of aliphatic hydroxyl groups is 7. The van der Waals surface area contributed by atoms with Crippen LogP contribution in [0.1, 0.15) is 6.92 Å². The minimum absolute atomic E-state index is 0.628. The number of hydrogen-bond donors (Lipinski definition) is 7. The number of rotatable bonds is 3. The van der Waals surface area contributed by atoms with E-state index < -0.39 is 68.0 Å². The average Bonchev–Trinajstić information content (AvgIpc) is 2.50. The Hall–Kier alpha value is -0.400. The van der Waals surface area contributed by atoms with Gasteiger partial charge >= 0.3 is 0 Å². The second-order valence-corrected chi connectivity index (χ2v) is 5.51. The fourth-order valence-electron chi connectivity index (χ4n) is 2.44. The molecule has 0 saturated carbocycles. The van der Waals surface area contributed by atoms with Crippen LogP contribution in [0.3, 0.4) is 0 Å². The molecule has 0 spiro atoms. The van der Waals surface area contributed by atoms with Crippen molar-refractivity contribution in [2.45, 2.75) is 68.3 Å². The highest BCUT2D eigenvalue weighted by molar-refractivity contribution is 4.91. The van der Waals surface area contributed by atoms with Crippen molar-refractivity contribution in [3.05, 3.63) is 0 Å². The first-order chi connectivity index (χ1) is 10.3. The van der Waals surface area contributed by atoms with Gasteiger partial charge in [-0.15, -0.1) is 0 Å². The molecule has 2 saturated heterocycles. The van der Waals surface area contributed by atoms with Gasteiger partial charge in [0, 0.05) is 0 Å². The van der Waals surface area contributed by atoms with E-state index in [-0.39, 0.29) is 0 Å². The summed E-state index contributed by atoms with van der Waals surface area (Å²) in [6.45, 7) is 0.819. The van der Waals surface area contributed by atoms with Gasteiger partial charge in [-0.1, -0.05) is 0 Å². The zero-order valence-corrected chi connectivity index (χ0v) is 11.8. The largest absolute Gasteiger partial charge is 0.394 e. The van der Waals surface area contributed by atoms with Crippen molar-refractivity contribution < 1.29 is 50.0 Å². The van der Waals surface area contributed by atoms with E-state index in [2.05, 4.69) is 0 Å². The third-order valence-corrected chi connectivity index (χ3v) is 3.93. The molecule has 0 radical (unpaired) electrons. The molecule has 0 aliphatic carbocycles. The van der Waals surface area contributed by atoms with E-state index in [1.807, 2.05) is 0 Å². The van der Waals surface area contributed by atoms with E-state index in [0.29, 0.717) is 0 Å². The molecule has 4 unspecified atom stereocenters. The summed E-state index contributed by atoms with van der Waals surface area (Å²) >= 11 is 0. The van der Waals surface area contributed by atoms with Crippen LogP contribution < -0.4 is 0 Å². The van der Waals surface area contributed by atoms with Gasteiger partial charge in [0.25, 0.3) is 0 Å². The van der Waals surface area contributed by atoms with E-state index in [9.17, 15) is 30.6 Å². The maximum atomic E-state index is 9.83. The van der Waals surface area contributed by atoms with Crippen molar-refractivity contribution >= 4 is 0 Å². The number of ether oxygens (including phenoxy) is 3. The normalized spacial score (nSPS) is 53.5. The minimum Gasteiger partial charge on any atom is -0.394 e. The lowest BCUT2D eigenvalue weighted by molar-refractivity contribution is -0.373. The van der Waals surface area contributed by atoms with Crippen molar-refractivity contribution in [2.75, 3.05) is 6.61 Å². The molecule has 0 bridgehead atoms. The Morgan fingerprint density at radius 3 is 1.77 bits per heavy atom. The Morgan fingerprint density at radius 1 is 0.727 bits per heavy atom.